The molecule has 0 radical (unpaired) electrons. The molecule has 1 saturated heterocycles. The molecular weight excluding hydrogens is 428 g/mol. The highest BCUT2D eigenvalue weighted by Crippen LogP contribution is 2.48. The van der Waals surface area contributed by atoms with Crippen LogP contribution in [0, 0.1) is 38.0 Å². The molecule has 7 nitrogen and oxygen atoms in total. The molecule has 1 aliphatic heterocycles. The van der Waals surface area contributed by atoms with Gasteiger partial charge in [0.15, 0.2) is 0 Å². The van der Waals surface area contributed by atoms with Crippen LogP contribution in [0.3, 0.4) is 0 Å². The van der Waals surface area contributed by atoms with Gasteiger partial charge in [0.2, 0.25) is 0 Å². The molecule has 1 amide bonds. The number of hydrogen-bond donors (Lipinski definition) is 1. The second kappa shape index (κ2) is 8.21. The van der Waals surface area contributed by atoms with Crippen LogP contribution in [0.4, 0.5) is 16.2 Å². The molecule has 174 valence electrons. The lowest BCUT2D eigenvalue weighted by molar-refractivity contribution is 0.0849. The van der Waals surface area contributed by atoms with Crippen molar-refractivity contribution in [1.82, 2.24) is 10.1 Å². The van der Waals surface area contributed by atoms with E-state index in [4.69, 9.17) is 4.52 Å². The van der Waals surface area contributed by atoms with E-state index in [1.165, 1.54) is 4.90 Å². The first kappa shape index (κ1) is 22.0. The lowest BCUT2D eigenvalue weighted by atomic mass is 9.95. The molecule has 3 aromatic rings. The van der Waals surface area contributed by atoms with Crippen molar-refractivity contribution in [3.8, 4) is 17.2 Å². The number of aromatic nitrogens is 1. The number of amides is 1. The molecule has 34 heavy (non-hydrogen) atoms. The highest BCUT2D eigenvalue weighted by Gasteiger charge is 2.44. The molecule has 1 aromatic heterocycles. The van der Waals surface area contributed by atoms with Gasteiger partial charge in [-0.25, -0.2) is 4.79 Å². The van der Waals surface area contributed by atoms with Gasteiger partial charge in [-0.2, -0.15) is 5.26 Å². The van der Waals surface area contributed by atoms with E-state index in [2.05, 4.69) is 65.5 Å². The Labute approximate surface area is 199 Å². The zero-order valence-electron chi connectivity index (χ0n) is 19.7. The van der Waals surface area contributed by atoms with Gasteiger partial charge >= 0.3 is 6.09 Å². The van der Waals surface area contributed by atoms with Crippen LogP contribution in [-0.2, 0) is 5.41 Å². The SMILES string of the molecule is Cc1ccc(-c2c(C)noc2C)cc1N(CC1CN(C(=O)O)C1)c1ccc(C2(C#N)CC2)cc1. The van der Waals surface area contributed by atoms with E-state index in [-0.39, 0.29) is 11.3 Å². The fourth-order valence-electron chi connectivity index (χ4n) is 4.94. The van der Waals surface area contributed by atoms with Crippen molar-refractivity contribution in [2.75, 3.05) is 24.5 Å². The van der Waals surface area contributed by atoms with Crippen LogP contribution in [0.15, 0.2) is 47.0 Å². The first-order chi connectivity index (χ1) is 16.3. The Hall–Kier alpha value is -3.79. The molecule has 0 unspecified atom stereocenters. The summed E-state index contributed by atoms with van der Waals surface area (Å²) in [6.07, 6.45) is 0.964. The van der Waals surface area contributed by atoms with Gasteiger partial charge in [0.05, 0.1) is 17.2 Å². The third kappa shape index (κ3) is 3.79. The minimum Gasteiger partial charge on any atom is -0.465 e. The number of rotatable bonds is 6. The summed E-state index contributed by atoms with van der Waals surface area (Å²) < 4.78 is 5.40. The van der Waals surface area contributed by atoms with E-state index in [9.17, 15) is 15.2 Å². The Kier molecular flexibility index (Phi) is 5.32. The summed E-state index contributed by atoms with van der Waals surface area (Å²) in [5.74, 6) is 1.03. The number of anilines is 2. The first-order valence-corrected chi connectivity index (χ1v) is 11.6. The quantitative estimate of drug-likeness (QED) is 0.521. The molecule has 1 saturated carbocycles. The van der Waals surface area contributed by atoms with Crippen LogP contribution in [0.1, 0.15) is 35.4 Å². The fourth-order valence-corrected chi connectivity index (χ4v) is 4.94. The standard InChI is InChI=1S/C27H28N4O3/c1-17-4-5-21(25-18(2)29-34-19(25)3)12-24(17)31(15-20-13-30(14-20)26(32)33)23-8-6-22(7-9-23)27(16-28)10-11-27/h4-9,12,20H,10-11,13-15H2,1-3H3,(H,32,33). The summed E-state index contributed by atoms with van der Waals surface area (Å²) in [5, 5.41) is 22.9. The van der Waals surface area contributed by atoms with Gasteiger partial charge in [0, 0.05) is 42.5 Å². The number of hydrogen-bond acceptors (Lipinski definition) is 5. The zero-order valence-corrected chi connectivity index (χ0v) is 19.7. The molecule has 0 spiro atoms. The second-order valence-electron chi connectivity index (χ2n) is 9.61. The van der Waals surface area contributed by atoms with Crippen molar-refractivity contribution in [2.45, 2.75) is 39.0 Å². The molecule has 0 bridgehead atoms. The van der Waals surface area contributed by atoms with Crippen LogP contribution in [0.2, 0.25) is 0 Å². The van der Waals surface area contributed by atoms with Gasteiger partial charge in [0.25, 0.3) is 0 Å². The van der Waals surface area contributed by atoms with E-state index < -0.39 is 6.09 Å². The zero-order chi connectivity index (χ0) is 24.0. The lowest BCUT2D eigenvalue weighted by Gasteiger charge is -2.41. The molecule has 1 aliphatic carbocycles. The third-order valence-electron chi connectivity index (χ3n) is 7.19. The van der Waals surface area contributed by atoms with E-state index in [1.807, 2.05) is 13.8 Å². The van der Waals surface area contributed by atoms with Crippen LogP contribution < -0.4 is 4.90 Å². The van der Waals surface area contributed by atoms with Crippen LogP contribution in [0.25, 0.3) is 11.1 Å². The number of nitriles is 1. The average molecular weight is 457 g/mol. The Morgan fingerprint density at radius 2 is 1.91 bits per heavy atom. The number of likely N-dealkylation sites (tertiary alicyclic amines) is 1. The predicted octanol–water partition coefficient (Wildman–Crippen LogP) is 5.57. The molecule has 1 N–H and O–H groups in total. The first-order valence-electron chi connectivity index (χ1n) is 11.6. The maximum absolute atomic E-state index is 11.3. The summed E-state index contributed by atoms with van der Waals surface area (Å²) in [6.45, 7) is 7.72. The normalized spacial score (nSPS) is 16.6. The minimum atomic E-state index is -0.866. The average Bonchev–Trinajstić information content (AvgIpc) is 3.53. The Morgan fingerprint density at radius 3 is 2.47 bits per heavy atom. The Bertz CT molecular complexity index is 1260. The molecule has 0 atom stereocenters. The molecule has 5 rings (SSSR count). The Balaban J connectivity index is 1.52. The number of nitrogens with zero attached hydrogens (tertiary/aromatic N) is 4. The number of benzene rings is 2. The van der Waals surface area contributed by atoms with E-state index in [0.717, 1.165) is 57.9 Å². The van der Waals surface area contributed by atoms with Crippen molar-refractivity contribution in [3.05, 3.63) is 65.0 Å². The second-order valence-corrected chi connectivity index (χ2v) is 9.61. The van der Waals surface area contributed by atoms with Crippen molar-refractivity contribution in [3.63, 3.8) is 0 Å². The van der Waals surface area contributed by atoms with Crippen LogP contribution >= 0.6 is 0 Å². The number of carbonyl (C=O) groups is 1. The highest BCUT2D eigenvalue weighted by atomic mass is 16.5. The Morgan fingerprint density at radius 1 is 1.21 bits per heavy atom. The molecule has 7 heteroatoms. The molecule has 2 heterocycles. The van der Waals surface area contributed by atoms with Crippen molar-refractivity contribution >= 4 is 17.5 Å². The summed E-state index contributed by atoms with van der Waals surface area (Å²) in [6, 6.07) is 17.1. The predicted molar refractivity (Wildman–Crippen MR) is 129 cm³/mol. The van der Waals surface area contributed by atoms with Gasteiger partial charge in [0.1, 0.15) is 5.76 Å². The largest absolute Gasteiger partial charge is 0.465 e. The van der Waals surface area contributed by atoms with E-state index in [0.29, 0.717) is 19.6 Å². The van der Waals surface area contributed by atoms with Crippen molar-refractivity contribution < 1.29 is 14.4 Å². The number of aryl methyl sites for hydroxylation is 3. The van der Waals surface area contributed by atoms with Gasteiger partial charge < -0.3 is 19.4 Å². The number of carboxylic acid groups (broad SMARTS) is 1. The van der Waals surface area contributed by atoms with Crippen LogP contribution in [0.5, 0.6) is 0 Å². The molecule has 2 aliphatic rings. The van der Waals surface area contributed by atoms with Crippen molar-refractivity contribution in [2.24, 2.45) is 5.92 Å². The minimum absolute atomic E-state index is 0.242. The van der Waals surface area contributed by atoms with Crippen molar-refractivity contribution in [1.29, 1.82) is 5.26 Å². The summed E-state index contributed by atoms with van der Waals surface area (Å²) in [7, 11) is 0. The fraction of sp³-hybridized carbons (Fsp3) is 0.370. The van der Waals surface area contributed by atoms with E-state index in [1.54, 1.807) is 0 Å². The van der Waals surface area contributed by atoms with E-state index >= 15 is 0 Å². The summed E-state index contributed by atoms with van der Waals surface area (Å²) in [4.78, 5) is 15.0. The summed E-state index contributed by atoms with van der Waals surface area (Å²) >= 11 is 0. The lowest BCUT2D eigenvalue weighted by Crippen LogP contribution is -2.53. The maximum Gasteiger partial charge on any atom is 0.407 e. The van der Waals surface area contributed by atoms with Gasteiger partial charge in [-0.05, 0) is 68.5 Å². The molecule has 2 fully saturated rings. The van der Waals surface area contributed by atoms with Crippen LogP contribution in [-0.4, -0.2) is 40.9 Å². The maximum atomic E-state index is 11.3. The topological polar surface area (TPSA) is 93.6 Å². The molecular formula is C27H28N4O3. The van der Waals surface area contributed by atoms with Gasteiger partial charge in [-0.1, -0.05) is 29.4 Å². The third-order valence-corrected chi connectivity index (χ3v) is 7.19. The monoisotopic (exact) mass is 456 g/mol. The molecule has 2 aromatic carbocycles. The summed E-state index contributed by atoms with van der Waals surface area (Å²) in [5.41, 5.74) is 6.88. The smallest absolute Gasteiger partial charge is 0.407 e. The van der Waals surface area contributed by atoms with Gasteiger partial charge in [-0.15, -0.1) is 0 Å². The highest BCUT2D eigenvalue weighted by molar-refractivity contribution is 5.76. The van der Waals surface area contributed by atoms with Gasteiger partial charge in [-0.3, -0.25) is 0 Å².